The van der Waals surface area contributed by atoms with Crippen molar-refractivity contribution in [3.63, 3.8) is 0 Å². The third-order valence-electron chi connectivity index (χ3n) is 3.13. The summed E-state index contributed by atoms with van der Waals surface area (Å²) in [6.07, 6.45) is -2.94. The van der Waals surface area contributed by atoms with Gasteiger partial charge in [-0.25, -0.2) is 4.39 Å². The van der Waals surface area contributed by atoms with Crippen LogP contribution in [0.4, 0.5) is 17.6 Å². The van der Waals surface area contributed by atoms with Crippen molar-refractivity contribution in [2.45, 2.75) is 11.1 Å². The number of rotatable bonds is 2. The van der Waals surface area contributed by atoms with Crippen LogP contribution in [0.5, 0.6) is 0 Å². The van der Waals surface area contributed by atoms with E-state index < -0.39 is 23.2 Å². The molecule has 0 spiro atoms. The maximum Gasteiger partial charge on any atom is 0.431 e. The summed E-state index contributed by atoms with van der Waals surface area (Å²) in [6.45, 7) is 0. The van der Waals surface area contributed by atoms with Crippen molar-refractivity contribution in [3.05, 3.63) is 51.2 Å². The Morgan fingerprint density at radius 2 is 1.82 bits per heavy atom. The van der Waals surface area contributed by atoms with Crippen LogP contribution in [0.2, 0.25) is 5.02 Å². The van der Waals surface area contributed by atoms with Crippen molar-refractivity contribution in [3.8, 4) is 11.1 Å². The molecule has 1 aromatic carbocycles. The van der Waals surface area contributed by atoms with Gasteiger partial charge in [-0.1, -0.05) is 11.6 Å². The fraction of sp³-hybridized carbons (Fsp3) is 0.214. The normalized spacial score (nSPS) is 11.8. The summed E-state index contributed by atoms with van der Waals surface area (Å²) < 4.78 is 52.8. The number of hydrogen-bond donors (Lipinski definition) is 0. The van der Waals surface area contributed by atoms with Crippen LogP contribution < -0.4 is 5.56 Å². The van der Waals surface area contributed by atoms with Crippen LogP contribution in [0.25, 0.3) is 11.1 Å². The first kappa shape index (κ1) is 16.9. The standard InChI is InChI=1S/C14H10ClF4NOS/c1-20-12(14(17,18)19)4-3-7(13(20)21)8-5-11(22-2)9(15)6-10(8)16/h3-6H,1-2H3. The Labute approximate surface area is 132 Å². The second kappa shape index (κ2) is 5.96. The third kappa shape index (κ3) is 3.01. The minimum Gasteiger partial charge on any atom is -0.307 e. The molecule has 0 bridgehead atoms. The number of nitrogens with zero attached hydrogens (tertiary/aromatic N) is 1. The molecule has 22 heavy (non-hydrogen) atoms. The molecule has 0 aliphatic rings. The van der Waals surface area contributed by atoms with Gasteiger partial charge in [0.05, 0.1) is 10.6 Å². The van der Waals surface area contributed by atoms with Crippen molar-refractivity contribution in [2.24, 2.45) is 7.05 Å². The van der Waals surface area contributed by atoms with Gasteiger partial charge >= 0.3 is 6.18 Å². The van der Waals surface area contributed by atoms with Gasteiger partial charge in [0.15, 0.2) is 0 Å². The molecule has 0 fully saturated rings. The summed E-state index contributed by atoms with van der Waals surface area (Å²) in [7, 11) is 0.998. The predicted molar refractivity (Wildman–Crippen MR) is 78.9 cm³/mol. The van der Waals surface area contributed by atoms with Crippen LogP contribution in [0.15, 0.2) is 34.0 Å². The first-order valence-electron chi connectivity index (χ1n) is 5.97. The molecule has 0 N–H and O–H groups in total. The van der Waals surface area contributed by atoms with Gasteiger partial charge in [0.2, 0.25) is 0 Å². The molecule has 118 valence electrons. The highest BCUT2D eigenvalue weighted by Gasteiger charge is 2.34. The first-order valence-corrected chi connectivity index (χ1v) is 7.57. The monoisotopic (exact) mass is 351 g/mol. The Bertz CT molecular complexity index is 786. The van der Waals surface area contributed by atoms with E-state index in [0.717, 1.165) is 25.2 Å². The van der Waals surface area contributed by atoms with Crippen molar-refractivity contribution >= 4 is 23.4 Å². The molecule has 2 aromatic rings. The lowest BCUT2D eigenvalue weighted by Crippen LogP contribution is -2.26. The summed E-state index contributed by atoms with van der Waals surface area (Å²) >= 11 is 7.10. The highest BCUT2D eigenvalue weighted by molar-refractivity contribution is 7.98. The molecule has 0 saturated heterocycles. The smallest absolute Gasteiger partial charge is 0.307 e. The SMILES string of the molecule is CSc1cc(-c2ccc(C(F)(F)F)n(C)c2=O)c(F)cc1Cl. The summed E-state index contributed by atoms with van der Waals surface area (Å²) in [5, 5.41) is 0.178. The quantitative estimate of drug-likeness (QED) is 0.583. The molecule has 2 nitrogen and oxygen atoms in total. The highest BCUT2D eigenvalue weighted by Crippen LogP contribution is 2.33. The molecule has 0 amide bonds. The maximum absolute atomic E-state index is 14.0. The van der Waals surface area contributed by atoms with Crippen molar-refractivity contribution in [1.29, 1.82) is 0 Å². The largest absolute Gasteiger partial charge is 0.431 e. The number of hydrogen-bond acceptors (Lipinski definition) is 2. The Balaban J connectivity index is 2.70. The van der Waals surface area contributed by atoms with E-state index in [1.165, 1.54) is 17.8 Å². The molecule has 0 atom stereocenters. The lowest BCUT2D eigenvalue weighted by Gasteiger charge is -2.14. The first-order chi connectivity index (χ1) is 10.2. The minimum atomic E-state index is -4.66. The molecular formula is C14H10ClF4NOS. The minimum absolute atomic E-state index is 0.0805. The van der Waals surface area contributed by atoms with E-state index in [2.05, 4.69) is 0 Å². The Morgan fingerprint density at radius 3 is 2.36 bits per heavy atom. The molecule has 0 aliphatic carbocycles. The van der Waals surface area contributed by atoms with Crippen LogP contribution in [-0.4, -0.2) is 10.8 Å². The van der Waals surface area contributed by atoms with Crippen LogP contribution in [0, 0.1) is 5.82 Å². The van der Waals surface area contributed by atoms with E-state index in [-0.39, 0.29) is 16.1 Å². The Morgan fingerprint density at radius 1 is 1.18 bits per heavy atom. The van der Waals surface area contributed by atoms with Gasteiger partial charge in [-0.15, -0.1) is 11.8 Å². The van der Waals surface area contributed by atoms with E-state index in [1.54, 1.807) is 6.26 Å². The number of pyridine rings is 1. The fourth-order valence-corrected chi connectivity index (χ4v) is 2.89. The van der Waals surface area contributed by atoms with Crippen molar-refractivity contribution in [2.75, 3.05) is 6.26 Å². The van der Waals surface area contributed by atoms with Gasteiger partial charge in [-0.2, -0.15) is 13.2 Å². The van der Waals surface area contributed by atoms with Crippen molar-refractivity contribution < 1.29 is 17.6 Å². The number of aromatic nitrogens is 1. The van der Waals surface area contributed by atoms with Gasteiger partial charge < -0.3 is 4.57 Å². The lowest BCUT2D eigenvalue weighted by molar-refractivity contribution is -0.143. The second-order valence-electron chi connectivity index (χ2n) is 4.46. The fourth-order valence-electron chi connectivity index (χ4n) is 2.02. The average molecular weight is 352 g/mol. The summed E-state index contributed by atoms with van der Waals surface area (Å²) in [5.74, 6) is -0.764. The van der Waals surface area contributed by atoms with Gasteiger partial charge in [-0.05, 0) is 30.5 Å². The van der Waals surface area contributed by atoms with Crippen molar-refractivity contribution in [1.82, 2.24) is 4.57 Å². The molecule has 0 aliphatic heterocycles. The number of alkyl halides is 3. The molecular weight excluding hydrogens is 342 g/mol. The van der Waals surface area contributed by atoms with Gasteiger partial charge in [0, 0.05) is 17.5 Å². The van der Waals surface area contributed by atoms with Gasteiger partial charge in [-0.3, -0.25) is 4.79 Å². The predicted octanol–water partition coefficient (Wildman–Crippen LogP) is 4.59. The molecule has 1 heterocycles. The Hall–Kier alpha value is -1.47. The highest BCUT2D eigenvalue weighted by atomic mass is 35.5. The van der Waals surface area contributed by atoms with E-state index >= 15 is 0 Å². The van der Waals surface area contributed by atoms with Gasteiger partial charge in [0.1, 0.15) is 11.5 Å². The number of thioether (sulfide) groups is 1. The van der Waals surface area contributed by atoms with E-state index in [9.17, 15) is 22.4 Å². The summed E-state index contributed by atoms with van der Waals surface area (Å²) in [5.41, 5.74) is -2.26. The molecule has 1 aromatic heterocycles. The van der Waals surface area contributed by atoms with E-state index in [1.807, 2.05) is 0 Å². The average Bonchev–Trinajstić information content (AvgIpc) is 2.41. The zero-order valence-corrected chi connectivity index (χ0v) is 13.0. The zero-order chi connectivity index (χ0) is 16.7. The maximum atomic E-state index is 14.0. The molecule has 8 heteroatoms. The summed E-state index contributed by atoms with van der Waals surface area (Å²) in [4.78, 5) is 12.7. The molecule has 0 saturated carbocycles. The van der Waals surface area contributed by atoms with Crippen LogP contribution in [-0.2, 0) is 13.2 Å². The third-order valence-corrected chi connectivity index (χ3v) is 4.33. The summed E-state index contributed by atoms with van der Waals surface area (Å²) in [6, 6.07) is 4.12. The molecule has 0 radical (unpaired) electrons. The zero-order valence-electron chi connectivity index (χ0n) is 11.5. The molecule has 0 unspecified atom stereocenters. The van der Waals surface area contributed by atoms with E-state index in [0.29, 0.717) is 9.46 Å². The molecule has 2 rings (SSSR count). The topological polar surface area (TPSA) is 22.0 Å². The van der Waals surface area contributed by atoms with Crippen LogP contribution >= 0.6 is 23.4 Å². The number of benzene rings is 1. The lowest BCUT2D eigenvalue weighted by atomic mass is 10.1. The second-order valence-corrected chi connectivity index (χ2v) is 5.72. The van der Waals surface area contributed by atoms with Gasteiger partial charge in [0.25, 0.3) is 5.56 Å². The van der Waals surface area contributed by atoms with Crippen LogP contribution in [0.1, 0.15) is 5.69 Å². The van der Waals surface area contributed by atoms with E-state index in [4.69, 9.17) is 11.6 Å². The van der Waals surface area contributed by atoms with Crippen LogP contribution in [0.3, 0.4) is 0 Å². The number of halogens is 5. The Kier molecular flexibility index (Phi) is 4.58.